The average Bonchev–Trinajstić information content (AvgIpc) is 2.89. The summed E-state index contributed by atoms with van der Waals surface area (Å²) in [4.78, 5) is 17.3. The second kappa shape index (κ2) is 5.51. The number of aromatic nitrogens is 3. The monoisotopic (exact) mass is 260 g/mol. The number of nitrogens with one attached hydrogen (secondary N) is 2. The van der Waals surface area contributed by atoms with Gasteiger partial charge in [0.2, 0.25) is 0 Å². The summed E-state index contributed by atoms with van der Waals surface area (Å²) in [5, 5.41) is 10.2. The van der Waals surface area contributed by atoms with Crippen LogP contribution in [0.1, 0.15) is 19.5 Å². The van der Waals surface area contributed by atoms with Gasteiger partial charge in [-0.3, -0.25) is 4.79 Å². The zero-order chi connectivity index (χ0) is 13.7. The van der Waals surface area contributed by atoms with Gasteiger partial charge in [-0.2, -0.15) is 20.9 Å². The van der Waals surface area contributed by atoms with Crippen molar-refractivity contribution in [3.05, 3.63) is 42.2 Å². The fourth-order valence-corrected chi connectivity index (χ4v) is 1.58. The molecule has 6 nitrogen and oxygen atoms in total. The zero-order valence-corrected chi connectivity index (χ0v) is 10.9. The van der Waals surface area contributed by atoms with Gasteiger partial charge in [0.1, 0.15) is 0 Å². The molecule has 1 heterocycles. The molecule has 0 unspecified atom stereocenters. The van der Waals surface area contributed by atoms with Crippen LogP contribution in [0.25, 0.3) is 0 Å². The first-order valence-corrected chi connectivity index (χ1v) is 5.95. The van der Waals surface area contributed by atoms with Crippen molar-refractivity contribution < 1.29 is 9.63 Å². The van der Waals surface area contributed by atoms with E-state index in [1.807, 2.05) is 32.0 Å². The van der Waals surface area contributed by atoms with Crippen LogP contribution in [0.5, 0.6) is 5.75 Å². The van der Waals surface area contributed by atoms with Gasteiger partial charge in [0.05, 0.1) is 17.3 Å². The summed E-state index contributed by atoms with van der Waals surface area (Å²) < 4.78 is 0. The third-order valence-corrected chi connectivity index (χ3v) is 2.71. The van der Waals surface area contributed by atoms with E-state index in [2.05, 4.69) is 20.9 Å². The molecular formula is C13H16N4O2. The quantitative estimate of drug-likeness (QED) is 0.798. The van der Waals surface area contributed by atoms with Gasteiger partial charge in [0.15, 0.2) is 5.75 Å². The number of amides is 1. The van der Waals surface area contributed by atoms with Gasteiger partial charge in [-0.05, 0) is 12.1 Å². The molecule has 0 saturated carbocycles. The Morgan fingerprint density at radius 1 is 1.37 bits per heavy atom. The number of carbonyl (C=O) groups is 1. The summed E-state index contributed by atoms with van der Waals surface area (Å²) in [6.07, 6.45) is 2.08. The maximum absolute atomic E-state index is 12.1. The number of nitrogens with zero attached hydrogens (tertiary/aromatic N) is 2. The Bertz CT molecular complexity index is 523. The molecule has 1 aromatic carbocycles. The molecule has 0 spiro atoms. The minimum absolute atomic E-state index is 0.209. The van der Waals surface area contributed by atoms with Crippen molar-refractivity contribution in [3.8, 4) is 5.75 Å². The van der Waals surface area contributed by atoms with Crippen LogP contribution in [0, 0.1) is 5.41 Å². The largest absolute Gasteiger partial charge is 0.380 e. The van der Waals surface area contributed by atoms with Gasteiger partial charge >= 0.3 is 0 Å². The minimum Gasteiger partial charge on any atom is -0.380 e. The molecule has 0 atom stereocenters. The summed E-state index contributed by atoms with van der Waals surface area (Å²) in [6, 6.07) is 9.09. The first-order valence-electron chi connectivity index (χ1n) is 5.95. The summed E-state index contributed by atoms with van der Waals surface area (Å²) in [5.41, 5.74) is 2.56. The lowest BCUT2D eigenvalue weighted by atomic mass is 9.87. The first kappa shape index (κ1) is 13.1. The van der Waals surface area contributed by atoms with Crippen molar-refractivity contribution in [2.75, 3.05) is 0 Å². The predicted octanol–water partition coefficient (Wildman–Crippen LogP) is 1.48. The molecule has 1 amide bonds. The highest BCUT2D eigenvalue weighted by molar-refractivity contribution is 5.81. The predicted molar refractivity (Wildman–Crippen MR) is 69.1 cm³/mol. The molecule has 6 heteroatoms. The van der Waals surface area contributed by atoms with E-state index < -0.39 is 5.41 Å². The van der Waals surface area contributed by atoms with Crippen molar-refractivity contribution in [2.45, 2.75) is 20.3 Å². The molecule has 0 aliphatic heterocycles. The van der Waals surface area contributed by atoms with E-state index in [1.54, 1.807) is 18.3 Å². The number of carbonyl (C=O) groups excluding carboxylic acids is 1. The van der Waals surface area contributed by atoms with Gasteiger partial charge in [0.25, 0.3) is 5.91 Å². The van der Waals surface area contributed by atoms with Crippen LogP contribution in [-0.2, 0) is 11.2 Å². The molecule has 2 rings (SSSR count). The third kappa shape index (κ3) is 3.54. The van der Waals surface area contributed by atoms with Crippen molar-refractivity contribution in [3.63, 3.8) is 0 Å². The van der Waals surface area contributed by atoms with Crippen molar-refractivity contribution in [1.82, 2.24) is 20.9 Å². The molecule has 0 aliphatic carbocycles. The molecule has 0 saturated heterocycles. The maximum Gasteiger partial charge on any atom is 0.258 e. The lowest BCUT2D eigenvalue weighted by Crippen LogP contribution is -2.40. The van der Waals surface area contributed by atoms with E-state index in [1.165, 1.54) is 0 Å². The molecule has 1 aromatic heterocycles. The van der Waals surface area contributed by atoms with Gasteiger partial charge in [-0.1, -0.05) is 32.0 Å². The van der Waals surface area contributed by atoms with Crippen LogP contribution in [0.15, 0.2) is 36.5 Å². The van der Waals surface area contributed by atoms with Gasteiger partial charge in [-0.15, -0.1) is 0 Å². The molecule has 19 heavy (non-hydrogen) atoms. The molecule has 100 valence electrons. The highest BCUT2D eigenvalue weighted by Gasteiger charge is 2.29. The number of benzene rings is 1. The standard InChI is InChI=1S/C13H16N4O2/c1-13(2,8-10-9-14-17-15-10)12(18)16-19-11-6-4-3-5-7-11/h3-7,9H,8H2,1-2H3,(H,16,18)(H,14,15,17). The summed E-state index contributed by atoms with van der Waals surface area (Å²) in [7, 11) is 0. The second-order valence-corrected chi connectivity index (χ2v) is 4.87. The molecule has 0 bridgehead atoms. The second-order valence-electron chi connectivity index (χ2n) is 4.87. The number of para-hydroxylation sites is 1. The van der Waals surface area contributed by atoms with Crippen LogP contribution < -0.4 is 10.3 Å². The number of hydroxylamine groups is 1. The van der Waals surface area contributed by atoms with Crippen LogP contribution in [-0.4, -0.2) is 21.3 Å². The minimum atomic E-state index is -0.633. The Hall–Kier alpha value is -2.37. The lowest BCUT2D eigenvalue weighted by molar-refractivity contribution is -0.136. The van der Waals surface area contributed by atoms with E-state index in [-0.39, 0.29) is 5.91 Å². The van der Waals surface area contributed by atoms with Crippen LogP contribution in [0.3, 0.4) is 0 Å². The fraction of sp³-hybridized carbons (Fsp3) is 0.308. The summed E-state index contributed by atoms with van der Waals surface area (Å²) >= 11 is 0. The van der Waals surface area contributed by atoms with Crippen molar-refractivity contribution in [2.24, 2.45) is 5.41 Å². The number of H-pyrrole nitrogens is 1. The van der Waals surface area contributed by atoms with E-state index in [9.17, 15) is 4.79 Å². The van der Waals surface area contributed by atoms with E-state index in [0.29, 0.717) is 12.2 Å². The van der Waals surface area contributed by atoms with Crippen LogP contribution in [0.2, 0.25) is 0 Å². The Balaban J connectivity index is 1.91. The number of rotatable bonds is 5. The fourth-order valence-electron chi connectivity index (χ4n) is 1.58. The third-order valence-electron chi connectivity index (χ3n) is 2.71. The number of hydrogen-bond donors (Lipinski definition) is 2. The van der Waals surface area contributed by atoms with E-state index >= 15 is 0 Å². The first-order chi connectivity index (χ1) is 9.08. The lowest BCUT2D eigenvalue weighted by Gasteiger charge is -2.21. The Morgan fingerprint density at radius 2 is 2.11 bits per heavy atom. The van der Waals surface area contributed by atoms with Gasteiger partial charge in [0, 0.05) is 6.42 Å². The topological polar surface area (TPSA) is 79.9 Å². The maximum atomic E-state index is 12.1. The van der Waals surface area contributed by atoms with Gasteiger partial charge < -0.3 is 4.84 Å². The Morgan fingerprint density at radius 3 is 2.74 bits per heavy atom. The Kier molecular flexibility index (Phi) is 3.79. The molecule has 0 aliphatic rings. The highest BCUT2D eigenvalue weighted by Crippen LogP contribution is 2.20. The number of hydrogen-bond acceptors (Lipinski definition) is 4. The highest BCUT2D eigenvalue weighted by atomic mass is 16.7. The Labute approximate surface area is 111 Å². The van der Waals surface area contributed by atoms with Crippen molar-refractivity contribution in [1.29, 1.82) is 0 Å². The van der Waals surface area contributed by atoms with Gasteiger partial charge in [-0.25, -0.2) is 0 Å². The molecular weight excluding hydrogens is 244 g/mol. The van der Waals surface area contributed by atoms with Crippen LogP contribution in [0.4, 0.5) is 0 Å². The molecule has 0 radical (unpaired) electrons. The number of aromatic amines is 1. The smallest absolute Gasteiger partial charge is 0.258 e. The SMILES string of the molecule is CC(C)(Cc1cn[nH]n1)C(=O)NOc1ccccc1. The average molecular weight is 260 g/mol. The molecule has 2 N–H and O–H groups in total. The summed E-state index contributed by atoms with van der Waals surface area (Å²) in [6.45, 7) is 3.65. The summed E-state index contributed by atoms with van der Waals surface area (Å²) in [5.74, 6) is 0.382. The van der Waals surface area contributed by atoms with E-state index in [0.717, 1.165) is 5.69 Å². The normalized spacial score (nSPS) is 11.1. The van der Waals surface area contributed by atoms with E-state index in [4.69, 9.17) is 4.84 Å². The molecule has 2 aromatic rings. The van der Waals surface area contributed by atoms with Crippen LogP contribution >= 0.6 is 0 Å². The zero-order valence-electron chi connectivity index (χ0n) is 10.9. The van der Waals surface area contributed by atoms with Crippen molar-refractivity contribution >= 4 is 5.91 Å². The molecule has 0 fully saturated rings.